The number of hydrogen-bond acceptors (Lipinski definition) is 4. The number of aliphatic hydroxyl groups excluding tert-OH is 1. The van der Waals surface area contributed by atoms with Crippen molar-refractivity contribution in [2.75, 3.05) is 6.61 Å². The molecule has 0 spiro atoms. The summed E-state index contributed by atoms with van der Waals surface area (Å²) >= 11 is 0. The Balaban J connectivity index is 2.88. The Labute approximate surface area is 117 Å². The van der Waals surface area contributed by atoms with Gasteiger partial charge < -0.3 is 14.7 Å². The van der Waals surface area contributed by atoms with Crippen LogP contribution in [-0.2, 0) is 4.43 Å². The van der Waals surface area contributed by atoms with Gasteiger partial charge in [-0.3, -0.25) is 0 Å². The molecule has 0 heterocycles. The molecule has 2 atom stereocenters. The van der Waals surface area contributed by atoms with Gasteiger partial charge in [0.2, 0.25) is 0 Å². The number of aliphatic hydroxyl groups is 1. The van der Waals surface area contributed by atoms with E-state index in [1.165, 1.54) is 6.21 Å². The fourth-order valence-corrected chi connectivity index (χ4v) is 3.49. The summed E-state index contributed by atoms with van der Waals surface area (Å²) in [7, 11) is -1.82. The Bertz CT molecular complexity index is 358. The maximum atomic E-state index is 9.42. The van der Waals surface area contributed by atoms with Gasteiger partial charge in [0.15, 0.2) is 8.32 Å². The van der Waals surface area contributed by atoms with Crippen LogP contribution in [-0.4, -0.2) is 37.6 Å². The van der Waals surface area contributed by atoms with Crippen molar-refractivity contribution in [2.24, 2.45) is 11.1 Å². The Hall–Kier alpha value is -0.653. The van der Waals surface area contributed by atoms with Gasteiger partial charge in [-0.25, -0.2) is 0 Å². The molecule has 0 radical (unpaired) electrons. The molecule has 0 aliphatic heterocycles. The van der Waals surface area contributed by atoms with Crippen LogP contribution >= 0.6 is 0 Å². The van der Waals surface area contributed by atoms with Crippen molar-refractivity contribution in [3.63, 3.8) is 0 Å². The van der Waals surface area contributed by atoms with Gasteiger partial charge in [0.05, 0.1) is 12.3 Å². The van der Waals surface area contributed by atoms with Crippen LogP contribution in [0.15, 0.2) is 16.8 Å². The van der Waals surface area contributed by atoms with E-state index < -0.39 is 8.32 Å². The molecule has 1 aliphatic carbocycles. The summed E-state index contributed by atoms with van der Waals surface area (Å²) in [6, 6.07) is 0. The van der Waals surface area contributed by atoms with Gasteiger partial charge in [-0.05, 0) is 42.6 Å². The summed E-state index contributed by atoms with van der Waals surface area (Å²) in [5, 5.41) is 21.2. The van der Waals surface area contributed by atoms with Crippen molar-refractivity contribution in [1.82, 2.24) is 0 Å². The minimum absolute atomic E-state index is 0.0519. The van der Waals surface area contributed by atoms with Gasteiger partial charge >= 0.3 is 0 Å². The van der Waals surface area contributed by atoms with Crippen molar-refractivity contribution in [3.8, 4) is 0 Å². The smallest absolute Gasteiger partial charge is 0.192 e. The SMILES string of the molecule is CC(C)(C)[Si](C)(C)O[C@H]1CC[C@H](CO)/C1=C\C=N\O. The molecule has 110 valence electrons. The van der Waals surface area contributed by atoms with E-state index in [1.54, 1.807) is 6.08 Å². The lowest BCUT2D eigenvalue weighted by Gasteiger charge is -2.39. The third-order valence-electron chi connectivity index (χ3n) is 4.42. The number of hydrogen-bond donors (Lipinski definition) is 2. The lowest BCUT2D eigenvalue weighted by atomic mass is 10.0. The summed E-state index contributed by atoms with van der Waals surface area (Å²) in [5.41, 5.74) is 1.06. The molecule has 1 saturated carbocycles. The monoisotopic (exact) mass is 285 g/mol. The van der Waals surface area contributed by atoms with Crippen LogP contribution in [0, 0.1) is 5.92 Å². The second-order valence-electron chi connectivity index (χ2n) is 6.75. The van der Waals surface area contributed by atoms with Crippen molar-refractivity contribution < 1.29 is 14.7 Å². The number of rotatable bonds is 4. The molecule has 1 fully saturated rings. The summed E-state index contributed by atoms with van der Waals surface area (Å²) in [5.74, 6) is 0.132. The Morgan fingerprint density at radius 3 is 2.47 bits per heavy atom. The zero-order chi connectivity index (χ0) is 14.7. The third-order valence-corrected chi connectivity index (χ3v) is 8.90. The molecular formula is C14H27NO3Si. The predicted molar refractivity (Wildman–Crippen MR) is 80.2 cm³/mol. The average Bonchev–Trinajstić information content (AvgIpc) is 2.66. The van der Waals surface area contributed by atoms with E-state index in [2.05, 4.69) is 39.0 Å². The van der Waals surface area contributed by atoms with Gasteiger partial charge in [-0.1, -0.05) is 25.9 Å². The Morgan fingerprint density at radius 1 is 1.37 bits per heavy atom. The normalized spacial score (nSPS) is 27.6. The fourth-order valence-electron chi connectivity index (χ4n) is 2.17. The molecule has 0 aromatic carbocycles. The average molecular weight is 285 g/mol. The fraction of sp³-hybridized carbons (Fsp3) is 0.786. The molecule has 0 aromatic rings. The highest BCUT2D eigenvalue weighted by Crippen LogP contribution is 2.42. The number of oxime groups is 1. The molecule has 19 heavy (non-hydrogen) atoms. The molecule has 2 N–H and O–H groups in total. The van der Waals surface area contributed by atoms with Gasteiger partial charge in [0, 0.05) is 12.5 Å². The van der Waals surface area contributed by atoms with Crippen molar-refractivity contribution >= 4 is 14.5 Å². The standard InChI is InChI=1S/C14H27NO3Si/c1-14(2,3)19(4,5)18-13-7-6-11(10-16)12(13)8-9-15-17/h8-9,11,13,16-17H,6-7,10H2,1-5H3/b12-8+,15-9+/t11-,13+/m1/s1. The van der Waals surface area contributed by atoms with Crippen LogP contribution in [0.2, 0.25) is 18.1 Å². The zero-order valence-corrected chi connectivity index (χ0v) is 13.7. The van der Waals surface area contributed by atoms with Crippen LogP contribution in [0.4, 0.5) is 0 Å². The van der Waals surface area contributed by atoms with E-state index in [1.807, 2.05) is 0 Å². The summed E-state index contributed by atoms with van der Waals surface area (Å²) in [6.45, 7) is 11.2. The number of nitrogens with zero attached hydrogens (tertiary/aromatic N) is 1. The van der Waals surface area contributed by atoms with Crippen molar-refractivity contribution in [1.29, 1.82) is 0 Å². The van der Waals surface area contributed by atoms with Crippen molar-refractivity contribution in [3.05, 3.63) is 11.6 Å². The first-order chi connectivity index (χ1) is 8.73. The maximum Gasteiger partial charge on any atom is 0.192 e. The molecule has 0 aromatic heterocycles. The van der Waals surface area contributed by atoms with E-state index in [-0.39, 0.29) is 23.7 Å². The largest absolute Gasteiger partial charge is 0.411 e. The minimum Gasteiger partial charge on any atom is -0.411 e. The summed E-state index contributed by atoms with van der Waals surface area (Å²) < 4.78 is 6.42. The molecule has 0 bridgehead atoms. The topological polar surface area (TPSA) is 62.0 Å². The van der Waals surface area contributed by atoms with E-state index >= 15 is 0 Å². The van der Waals surface area contributed by atoms with Gasteiger partial charge in [-0.2, -0.15) is 0 Å². The van der Waals surface area contributed by atoms with Crippen LogP contribution in [0.25, 0.3) is 0 Å². The van der Waals surface area contributed by atoms with E-state index in [4.69, 9.17) is 9.63 Å². The number of allylic oxidation sites excluding steroid dienone is 1. The van der Waals surface area contributed by atoms with E-state index in [0.29, 0.717) is 0 Å². The summed E-state index contributed by atoms with van der Waals surface area (Å²) in [4.78, 5) is 0. The van der Waals surface area contributed by atoms with E-state index in [0.717, 1.165) is 18.4 Å². The highest BCUT2D eigenvalue weighted by Gasteiger charge is 2.42. The lowest BCUT2D eigenvalue weighted by Crippen LogP contribution is -2.43. The second-order valence-corrected chi connectivity index (χ2v) is 11.5. The molecule has 5 heteroatoms. The maximum absolute atomic E-state index is 9.42. The molecule has 4 nitrogen and oxygen atoms in total. The molecular weight excluding hydrogens is 258 g/mol. The van der Waals surface area contributed by atoms with Crippen LogP contribution in [0.3, 0.4) is 0 Å². The van der Waals surface area contributed by atoms with Crippen molar-refractivity contribution in [2.45, 2.75) is 57.8 Å². The van der Waals surface area contributed by atoms with Gasteiger partial charge in [0.25, 0.3) is 0 Å². The molecule has 1 aliphatic rings. The van der Waals surface area contributed by atoms with Crippen LogP contribution < -0.4 is 0 Å². The highest BCUT2D eigenvalue weighted by atomic mass is 28.4. The highest BCUT2D eigenvalue weighted by molar-refractivity contribution is 6.74. The minimum atomic E-state index is -1.82. The Morgan fingerprint density at radius 2 is 2.00 bits per heavy atom. The zero-order valence-electron chi connectivity index (χ0n) is 12.7. The Kier molecular flexibility index (Phi) is 5.35. The van der Waals surface area contributed by atoms with Crippen LogP contribution in [0.1, 0.15) is 33.6 Å². The lowest BCUT2D eigenvalue weighted by molar-refractivity contribution is 0.215. The quantitative estimate of drug-likeness (QED) is 0.361. The first-order valence-electron chi connectivity index (χ1n) is 6.89. The van der Waals surface area contributed by atoms with Gasteiger partial charge in [-0.15, -0.1) is 0 Å². The first kappa shape index (κ1) is 16.4. The first-order valence-corrected chi connectivity index (χ1v) is 9.80. The van der Waals surface area contributed by atoms with Crippen LogP contribution in [0.5, 0.6) is 0 Å². The molecule has 0 amide bonds. The predicted octanol–water partition coefficient (Wildman–Crippen LogP) is 3.17. The summed E-state index contributed by atoms with van der Waals surface area (Å²) in [6.07, 6.45) is 5.07. The molecule has 0 unspecified atom stereocenters. The molecule has 1 rings (SSSR count). The van der Waals surface area contributed by atoms with E-state index in [9.17, 15) is 5.11 Å². The third kappa shape index (κ3) is 3.90. The van der Waals surface area contributed by atoms with Gasteiger partial charge in [0.1, 0.15) is 0 Å². The molecule has 0 saturated heterocycles. The second kappa shape index (κ2) is 6.20.